The number of ketones is 2. The summed E-state index contributed by atoms with van der Waals surface area (Å²) < 4.78 is 11.3. The number of Topliss-reactive ketones (excluding diaryl/α,β-unsaturated/α-hetero) is 1. The zero-order valence-electron chi connectivity index (χ0n) is 14.0. The standard InChI is InChI=1S/C20H18O5/c1-12(21)8-9-14-18(24-2)11-16(23)19-15(22)10-17(25-20(14)19)13-6-4-3-5-7-13/h3-9,11,17,23H,10H2,1-2H3/t17-/m0/s1. The van der Waals surface area contributed by atoms with Crippen molar-refractivity contribution in [3.8, 4) is 17.2 Å². The first-order valence-corrected chi connectivity index (χ1v) is 7.88. The average Bonchev–Trinajstić information content (AvgIpc) is 2.60. The Morgan fingerprint density at radius 1 is 1.32 bits per heavy atom. The van der Waals surface area contributed by atoms with Gasteiger partial charge in [0, 0.05) is 6.07 Å². The number of hydrogen-bond acceptors (Lipinski definition) is 5. The molecule has 0 amide bonds. The summed E-state index contributed by atoms with van der Waals surface area (Å²) in [5, 5.41) is 10.2. The van der Waals surface area contributed by atoms with Crippen molar-refractivity contribution in [1.29, 1.82) is 0 Å². The van der Waals surface area contributed by atoms with E-state index in [1.54, 1.807) is 6.08 Å². The minimum Gasteiger partial charge on any atom is -0.507 e. The van der Waals surface area contributed by atoms with Crippen LogP contribution in [0.4, 0.5) is 0 Å². The normalized spacial score (nSPS) is 16.4. The summed E-state index contributed by atoms with van der Waals surface area (Å²) >= 11 is 0. The Hall–Kier alpha value is -3.08. The van der Waals surface area contributed by atoms with E-state index >= 15 is 0 Å². The van der Waals surface area contributed by atoms with E-state index in [9.17, 15) is 14.7 Å². The van der Waals surface area contributed by atoms with Crippen LogP contribution in [0.25, 0.3) is 6.08 Å². The van der Waals surface area contributed by atoms with Crippen LogP contribution in [-0.4, -0.2) is 23.8 Å². The monoisotopic (exact) mass is 338 g/mol. The Balaban J connectivity index is 2.15. The van der Waals surface area contributed by atoms with Gasteiger partial charge in [0.15, 0.2) is 11.6 Å². The zero-order valence-corrected chi connectivity index (χ0v) is 14.0. The van der Waals surface area contributed by atoms with E-state index in [-0.39, 0.29) is 35.0 Å². The van der Waals surface area contributed by atoms with Crippen molar-refractivity contribution in [2.24, 2.45) is 0 Å². The third-order valence-electron chi connectivity index (χ3n) is 4.05. The summed E-state index contributed by atoms with van der Waals surface area (Å²) in [5.41, 5.74) is 1.45. The number of phenolic OH excluding ortho intramolecular Hbond substituents is 1. The molecule has 128 valence electrons. The van der Waals surface area contributed by atoms with Crippen molar-refractivity contribution in [1.82, 2.24) is 0 Å². The summed E-state index contributed by atoms with van der Waals surface area (Å²) in [6.45, 7) is 1.43. The van der Waals surface area contributed by atoms with E-state index in [0.29, 0.717) is 11.3 Å². The highest BCUT2D eigenvalue weighted by Crippen LogP contribution is 2.46. The smallest absolute Gasteiger partial charge is 0.174 e. The molecule has 2 aromatic rings. The van der Waals surface area contributed by atoms with Gasteiger partial charge >= 0.3 is 0 Å². The van der Waals surface area contributed by atoms with E-state index in [4.69, 9.17) is 9.47 Å². The molecule has 3 rings (SSSR count). The molecule has 0 unspecified atom stereocenters. The lowest BCUT2D eigenvalue weighted by Crippen LogP contribution is -2.21. The molecule has 5 heteroatoms. The van der Waals surface area contributed by atoms with Crippen LogP contribution in [0.2, 0.25) is 0 Å². The summed E-state index contributed by atoms with van der Waals surface area (Å²) in [6, 6.07) is 10.8. The van der Waals surface area contributed by atoms with Gasteiger partial charge in [0.05, 0.1) is 19.1 Å². The maximum absolute atomic E-state index is 12.6. The molecule has 1 N–H and O–H groups in total. The second kappa shape index (κ2) is 6.81. The predicted molar refractivity (Wildman–Crippen MR) is 93.1 cm³/mol. The van der Waals surface area contributed by atoms with Gasteiger partial charge in [0.2, 0.25) is 0 Å². The van der Waals surface area contributed by atoms with Crippen LogP contribution in [0.15, 0.2) is 42.5 Å². The molecule has 25 heavy (non-hydrogen) atoms. The molecule has 0 aromatic heterocycles. The number of benzene rings is 2. The number of fused-ring (bicyclic) bond motifs is 1. The summed E-state index contributed by atoms with van der Waals surface area (Å²) in [5.74, 6) is 0.0106. The highest BCUT2D eigenvalue weighted by Gasteiger charge is 2.33. The minimum absolute atomic E-state index is 0.121. The molecule has 5 nitrogen and oxygen atoms in total. The molecule has 0 saturated heterocycles. The Labute approximate surface area is 145 Å². The van der Waals surface area contributed by atoms with Crippen LogP contribution in [0.3, 0.4) is 0 Å². The largest absolute Gasteiger partial charge is 0.507 e. The fraction of sp³-hybridized carbons (Fsp3) is 0.200. The average molecular weight is 338 g/mol. The lowest BCUT2D eigenvalue weighted by molar-refractivity contribution is -0.112. The van der Waals surface area contributed by atoms with Crippen LogP contribution in [0.1, 0.15) is 40.9 Å². The van der Waals surface area contributed by atoms with Gasteiger partial charge in [-0.15, -0.1) is 0 Å². The lowest BCUT2D eigenvalue weighted by atomic mass is 9.93. The summed E-state index contributed by atoms with van der Waals surface area (Å²) in [4.78, 5) is 23.9. The summed E-state index contributed by atoms with van der Waals surface area (Å²) in [6.07, 6.45) is 2.58. The van der Waals surface area contributed by atoms with Gasteiger partial charge < -0.3 is 14.6 Å². The van der Waals surface area contributed by atoms with Gasteiger partial charge in [-0.3, -0.25) is 9.59 Å². The van der Waals surface area contributed by atoms with E-state index in [1.165, 1.54) is 26.2 Å². The van der Waals surface area contributed by atoms with E-state index in [1.807, 2.05) is 30.3 Å². The van der Waals surface area contributed by atoms with Gasteiger partial charge in [-0.2, -0.15) is 0 Å². The first-order valence-electron chi connectivity index (χ1n) is 7.88. The predicted octanol–water partition coefficient (Wildman–Crippen LogP) is 3.71. The number of allylic oxidation sites excluding steroid dienone is 1. The van der Waals surface area contributed by atoms with Gasteiger partial charge in [-0.25, -0.2) is 0 Å². The van der Waals surface area contributed by atoms with Crippen molar-refractivity contribution in [2.45, 2.75) is 19.4 Å². The van der Waals surface area contributed by atoms with Crippen LogP contribution in [-0.2, 0) is 4.79 Å². The third kappa shape index (κ3) is 3.26. The highest BCUT2D eigenvalue weighted by atomic mass is 16.5. The Morgan fingerprint density at radius 3 is 2.68 bits per heavy atom. The summed E-state index contributed by atoms with van der Waals surface area (Å²) in [7, 11) is 1.45. The maximum Gasteiger partial charge on any atom is 0.174 e. The van der Waals surface area contributed by atoms with E-state index < -0.39 is 6.10 Å². The minimum atomic E-state index is -0.461. The highest BCUT2D eigenvalue weighted by molar-refractivity contribution is 6.04. The molecule has 0 bridgehead atoms. The van der Waals surface area contributed by atoms with Crippen molar-refractivity contribution < 1.29 is 24.2 Å². The SMILES string of the molecule is COc1cc(O)c2c(c1C=CC(C)=O)O[C@H](c1ccccc1)CC2=O. The van der Waals surface area contributed by atoms with Crippen LogP contribution < -0.4 is 9.47 Å². The molecule has 2 aromatic carbocycles. The molecule has 1 heterocycles. The van der Waals surface area contributed by atoms with Crippen molar-refractivity contribution in [2.75, 3.05) is 7.11 Å². The van der Waals surface area contributed by atoms with Crippen LogP contribution in [0.5, 0.6) is 17.2 Å². The van der Waals surface area contributed by atoms with Crippen molar-refractivity contribution in [3.63, 3.8) is 0 Å². The van der Waals surface area contributed by atoms with Gasteiger partial charge in [-0.05, 0) is 24.6 Å². The van der Waals surface area contributed by atoms with E-state index in [2.05, 4.69) is 0 Å². The molecule has 1 aliphatic heterocycles. The van der Waals surface area contributed by atoms with Crippen LogP contribution >= 0.6 is 0 Å². The van der Waals surface area contributed by atoms with Crippen molar-refractivity contribution in [3.05, 3.63) is 59.2 Å². The van der Waals surface area contributed by atoms with Crippen LogP contribution in [0, 0.1) is 0 Å². The Kier molecular flexibility index (Phi) is 4.57. The molecule has 0 saturated carbocycles. The van der Waals surface area contributed by atoms with Gasteiger partial charge in [-0.1, -0.05) is 30.3 Å². The second-order valence-electron chi connectivity index (χ2n) is 5.80. The quantitative estimate of drug-likeness (QED) is 0.860. The number of phenols is 1. The topological polar surface area (TPSA) is 72.8 Å². The van der Waals surface area contributed by atoms with E-state index in [0.717, 1.165) is 5.56 Å². The fourth-order valence-electron chi connectivity index (χ4n) is 2.86. The first-order chi connectivity index (χ1) is 12.0. The number of hydrogen-bond donors (Lipinski definition) is 1. The second-order valence-corrected chi connectivity index (χ2v) is 5.80. The fourth-order valence-corrected chi connectivity index (χ4v) is 2.86. The third-order valence-corrected chi connectivity index (χ3v) is 4.05. The first kappa shape index (κ1) is 16.8. The number of carbonyl (C=O) groups excluding carboxylic acids is 2. The maximum atomic E-state index is 12.6. The molecule has 1 atom stereocenters. The number of rotatable bonds is 4. The Morgan fingerprint density at radius 2 is 2.04 bits per heavy atom. The molecule has 1 aliphatic rings. The molecule has 0 radical (unpaired) electrons. The molecule has 0 fully saturated rings. The number of aromatic hydroxyl groups is 1. The van der Waals surface area contributed by atoms with Gasteiger partial charge in [0.25, 0.3) is 0 Å². The molecule has 0 spiro atoms. The lowest BCUT2D eigenvalue weighted by Gasteiger charge is -2.28. The van der Waals surface area contributed by atoms with Gasteiger partial charge in [0.1, 0.15) is 28.9 Å². The number of methoxy groups -OCH3 is 1. The number of carbonyl (C=O) groups is 2. The van der Waals surface area contributed by atoms with Crippen molar-refractivity contribution >= 4 is 17.6 Å². The Bertz CT molecular complexity index is 852. The zero-order chi connectivity index (χ0) is 18.0. The molecular weight excluding hydrogens is 320 g/mol. The molecular formula is C20H18O5. The molecule has 0 aliphatic carbocycles. The number of ether oxygens (including phenoxy) is 2.